The van der Waals surface area contributed by atoms with Gasteiger partial charge in [0.1, 0.15) is 11.8 Å². The Morgan fingerprint density at radius 1 is 1.22 bits per heavy atom. The lowest BCUT2D eigenvalue weighted by Gasteiger charge is -2.32. The van der Waals surface area contributed by atoms with Crippen LogP contribution in [0, 0.1) is 17.2 Å². The molecule has 0 aliphatic carbocycles. The fourth-order valence-electron chi connectivity index (χ4n) is 3.32. The number of nitriles is 1. The molecule has 1 aliphatic heterocycles. The number of hydrogen-bond acceptors (Lipinski definition) is 5. The third kappa shape index (κ3) is 4.94. The van der Waals surface area contributed by atoms with E-state index in [0.717, 1.165) is 19.5 Å². The quantitative estimate of drug-likeness (QED) is 0.735. The number of benzene rings is 2. The summed E-state index contributed by atoms with van der Waals surface area (Å²) in [6, 6.07) is 13.8. The van der Waals surface area contributed by atoms with Gasteiger partial charge in [0.2, 0.25) is 0 Å². The van der Waals surface area contributed by atoms with Gasteiger partial charge in [-0.25, -0.2) is 8.42 Å². The van der Waals surface area contributed by atoms with Crippen LogP contribution in [-0.4, -0.2) is 28.1 Å². The molecule has 0 amide bonds. The number of ether oxygens (including phenoxy) is 1. The lowest BCUT2D eigenvalue weighted by Crippen LogP contribution is -2.38. The van der Waals surface area contributed by atoms with E-state index < -0.39 is 9.05 Å². The van der Waals surface area contributed by atoms with E-state index in [9.17, 15) is 13.7 Å². The summed E-state index contributed by atoms with van der Waals surface area (Å²) in [5.74, 6) is 0.876. The molecule has 1 aliphatic rings. The van der Waals surface area contributed by atoms with Crippen LogP contribution in [0.15, 0.2) is 47.4 Å². The number of halogens is 2. The van der Waals surface area contributed by atoms with Crippen LogP contribution < -0.4 is 10.1 Å². The third-order valence-electron chi connectivity index (χ3n) is 4.71. The molecule has 1 N–H and O–H groups in total. The number of piperidine rings is 1. The molecule has 142 valence electrons. The Morgan fingerprint density at radius 2 is 1.96 bits per heavy atom. The maximum Gasteiger partial charge on any atom is 0.261 e. The van der Waals surface area contributed by atoms with Crippen LogP contribution >= 0.6 is 22.3 Å². The highest BCUT2D eigenvalue weighted by Crippen LogP contribution is 2.32. The summed E-state index contributed by atoms with van der Waals surface area (Å²) >= 11 is 5.99. The molecule has 0 radical (unpaired) electrons. The van der Waals surface area contributed by atoms with Crippen molar-refractivity contribution in [3.05, 3.63) is 58.6 Å². The molecule has 1 fully saturated rings. The van der Waals surface area contributed by atoms with Crippen molar-refractivity contribution < 1.29 is 13.2 Å². The Hall–Kier alpha value is -1.78. The lowest BCUT2D eigenvalue weighted by molar-refractivity contribution is 0.196. The van der Waals surface area contributed by atoms with Gasteiger partial charge >= 0.3 is 0 Å². The molecular formula is C19H18Cl2N2O3S. The van der Waals surface area contributed by atoms with Crippen LogP contribution in [0.2, 0.25) is 5.02 Å². The van der Waals surface area contributed by atoms with Crippen molar-refractivity contribution in [2.75, 3.05) is 19.7 Å². The molecule has 2 aromatic carbocycles. The fraction of sp³-hybridized carbons (Fsp3) is 0.316. The molecule has 27 heavy (non-hydrogen) atoms. The minimum absolute atomic E-state index is 0.119. The van der Waals surface area contributed by atoms with E-state index in [4.69, 9.17) is 27.0 Å². The van der Waals surface area contributed by atoms with Crippen molar-refractivity contribution in [1.82, 2.24) is 5.32 Å². The van der Waals surface area contributed by atoms with E-state index in [1.807, 2.05) is 30.3 Å². The topological polar surface area (TPSA) is 79.2 Å². The first-order valence-electron chi connectivity index (χ1n) is 8.46. The molecule has 0 unspecified atom stereocenters. The summed E-state index contributed by atoms with van der Waals surface area (Å²) in [5, 5.41) is 13.4. The minimum atomic E-state index is -3.89. The summed E-state index contributed by atoms with van der Waals surface area (Å²) < 4.78 is 28.8. The number of rotatable bonds is 5. The van der Waals surface area contributed by atoms with Gasteiger partial charge in [-0.05, 0) is 54.8 Å². The first-order valence-corrected chi connectivity index (χ1v) is 11.1. The lowest BCUT2D eigenvalue weighted by atomic mass is 9.81. The minimum Gasteiger partial charge on any atom is -0.492 e. The Kier molecular flexibility index (Phi) is 6.28. The van der Waals surface area contributed by atoms with Crippen molar-refractivity contribution in [3.63, 3.8) is 0 Å². The average molecular weight is 425 g/mol. The molecule has 3 rings (SSSR count). The standard InChI is InChI=1S/C19H18Cl2N2O3S/c20-16-3-1-13(2-4-16)18-7-8-23-11-15(18)12-26-19-6-5-17(27(21,24)25)9-14(19)10-22/h1-6,9,15,18,23H,7-8,11-12H2/t15-,18-/m0/s1. The van der Waals surface area contributed by atoms with E-state index in [2.05, 4.69) is 5.32 Å². The van der Waals surface area contributed by atoms with Gasteiger partial charge in [-0.1, -0.05) is 23.7 Å². The van der Waals surface area contributed by atoms with E-state index >= 15 is 0 Å². The van der Waals surface area contributed by atoms with Crippen LogP contribution in [0.25, 0.3) is 0 Å². The van der Waals surface area contributed by atoms with Crippen LogP contribution in [0.5, 0.6) is 5.75 Å². The highest BCUT2D eigenvalue weighted by atomic mass is 35.7. The number of nitrogens with zero attached hydrogens (tertiary/aromatic N) is 1. The smallest absolute Gasteiger partial charge is 0.261 e. The fourth-order valence-corrected chi connectivity index (χ4v) is 4.22. The largest absolute Gasteiger partial charge is 0.492 e. The van der Waals surface area contributed by atoms with Gasteiger partial charge in [0.25, 0.3) is 9.05 Å². The van der Waals surface area contributed by atoms with Crippen LogP contribution in [-0.2, 0) is 9.05 Å². The second-order valence-corrected chi connectivity index (χ2v) is 9.43. The summed E-state index contributed by atoms with van der Waals surface area (Å²) in [5.41, 5.74) is 1.35. The zero-order valence-electron chi connectivity index (χ0n) is 14.4. The SMILES string of the molecule is N#Cc1cc(S(=O)(=O)Cl)ccc1OC[C@@H]1CNCC[C@H]1c1ccc(Cl)cc1. The van der Waals surface area contributed by atoms with Crippen LogP contribution in [0.1, 0.15) is 23.5 Å². The molecule has 1 heterocycles. The van der Waals surface area contributed by atoms with E-state index in [-0.39, 0.29) is 16.4 Å². The summed E-state index contributed by atoms with van der Waals surface area (Å²) in [7, 11) is 1.45. The van der Waals surface area contributed by atoms with Crippen LogP contribution in [0.3, 0.4) is 0 Å². The number of nitrogens with one attached hydrogen (secondary N) is 1. The maximum absolute atomic E-state index is 11.4. The van der Waals surface area contributed by atoms with Crippen LogP contribution in [0.4, 0.5) is 0 Å². The molecule has 0 saturated carbocycles. The maximum atomic E-state index is 11.4. The predicted octanol–water partition coefficient (Wildman–Crippen LogP) is 3.91. The summed E-state index contributed by atoms with van der Waals surface area (Å²) in [6.07, 6.45) is 0.976. The molecule has 2 aromatic rings. The zero-order valence-corrected chi connectivity index (χ0v) is 16.7. The molecule has 5 nitrogen and oxygen atoms in total. The molecule has 8 heteroatoms. The molecule has 1 saturated heterocycles. The van der Waals surface area contributed by atoms with Crippen molar-refractivity contribution in [1.29, 1.82) is 5.26 Å². The second-order valence-electron chi connectivity index (χ2n) is 6.43. The predicted molar refractivity (Wildman–Crippen MR) is 105 cm³/mol. The van der Waals surface area contributed by atoms with Crippen molar-refractivity contribution >= 4 is 31.3 Å². The van der Waals surface area contributed by atoms with Gasteiger partial charge in [-0.15, -0.1) is 0 Å². The first-order chi connectivity index (χ1) is 12.9. The Morgan fingerprint density at radius 3 is 2.63 bits per heavy atom. The number of hydrogen-bond donors (Lipinski definition) is 1. The summed E-state index contributed by atoms with van der Waals surface area (Å²) in [4.78, 5) is -0.119. The van der Waals surface area contributed by atoms with Crippen molar-refractivity contribution in [3.8, 4) is 11.8 Å². The van der Waals surface area contributed by atoms with Gasteiger partial charge in [0.05, 0.1) is 17.1 Å². The van der Waals surface area contributed by atoms with Crippen molar-refractivity contribution in [2.45, 2.75) is 17.2 Å². The molecule has 2 atom stereocenters. The van der Waals surface area contributed by atoms with E-state index in [1.54, 1.807) is 0 Å². The first kappa shape index (κ1) is 20.0. The highest BCUT2D eigenvalue weighted by Gasteiger charge is 2.27. The molecule has 0 bridgehead atoms. The Labute approximate surface area is 168 Å². The average Bonchev–Trinajstić information content (AvgIpc) is 2.66. The normalized spacial score (nSPS) is 20.0. The van der Waals surface area contributed by atoms with E-state index in [0.29, 0.717) is 23.3 Å². The molecule has 0 spiro atoms. The van der Waals surface area contributed by atoms with Crippen molar-refractivity contribution in [2.24, 2.45) is 5.92 Å². The van der Waals surface area contributed by atoms with Gasteiger partial charge in [-0.3, -0.25) is 0 Å². The highest BCUT2D eigenvalue weighted by molar-refractivity contribution is 8.13. The monoisotopic (exact) mass is 424 g/mol. The van der Waals surface area contributed by atoms with E-state index in [1.165, 1.54) is 23.8 Å². The second kappa shape index (κ2) is 8.49. The van der Waals surface area contributed by atoms with Gasteiger partial charge in [0, 0.05) is 28.2 Å². The zero-order chi connectivity index (χ0) is 19.4. The Bertz CT molecular complexity index is 956. The van der Waals surface area contributed by atoms with Gasteiger partial charge in [-0.2, -0.15) is 5.26 Å². The Balaban J connectivity index is 1.76. The van der Waals surface area contributed by atoms with Gasteiger partial charge < -0.3 is 10.1 Å². The molecular weight excluding hydrogens is 407 g/mol. The van der Waals surface area contributed by atoms with Gasteiger partial charge in [0.15, 0.2) is 0 Å². The summed E-state index contributed by atoms with van der Waals surface area (Å²) in [6.45, 7) is 2.13. The molecule has 0 aromatic heterocycles. The third-order valence-corrected chi connectivity index (χ3v) is 6.32.